The minimum Gasteiger partial charge on any atom is -0.478 e. The molecule has 0 spiro atoms. The summed E-state index contributed by atoms with van der Waals surface area (Å²) < 4.78 is 0. The Morgan fingerprint density at radius 1 is 0.792 bits per heavy atom. The summed E-state index contributed by atoms with van der Waals surface area (Å²) >= 11 is 0. The number of amides is 1. The summed E-state index contributed by atoms with van der Waals surface area (Å²) in [4.78, 5) is 46.6. The summed E-state index contributed by atoms with van der Waals surface area (Å²) in [6.45, 7) is 1.14. The molecule has 0 heterocycles. The number of para-hydroxylation sites is 1. The zero-order chi connectivity index (χ0) is 17.9. The van der Waals surface area contributed by atoms with Crippen LogP contribution in [0.3, 0.4) is 0 Å². The zero-order valence-corrected chi connectivity index (χ0v) is 12.6. The first-order valence-corrected chi connectivity index (χ1v) is 6.83. The normalized spacial score (nSPS) is 10.0. The van der Waals surface area contributed by atoms with E-state index in [0.29, 0.717) is 5.69 Å². The van der Waals surface area contributed by atoms with Crippen molar-refractivity contribution in [2.75, 3.05) is 5.32 Å². The van der Waals surface area contributed by atoms with Crippen molar-refractivity contribution in [2.45, 2.75) is 6.92 Å². The van der Waals surface area contributed by atoms with E-state index in [-0.39, 0.29) is 11.1 Å². The second-order valence-electron chi connectivity index (χ2n) is 4.93. The Balaban J connectivity index is 2.57. The summed E-state index contributed by atoms with van der Waals surface area (Å²) in [6.07, 6.45) is 0. The number of anilines is 1. The molecule has 7 heteroatoms. The highest BCUT2D eigenvalue weighted by atomic mass is 16.4. The number of nitrogens with one attached hydrogen (secondary N) is 1. The Bertz CT molecular complexity index is 842. The third-order valence-corrected chi connectivity index (χ3v) is 3.27. The Hall–Kier alpha value is -3.48. The van der Waals surface area contributed by atoms with Crippen LogP contribution >= 0.6 is 0 Å². The fourth-order valence-corrected chi connectivity index (χ4v) is 2.15. The van der Waals surface area contributed by atoms with Crippen LogP contribution in [0.25, 0.3) is 0 Å². The fourth-order valence-electron chi connectivity index (χ4n) is 2.15. The van der Waals surface area contributed by atoms with Gasteiger partial charge in [0, 0.05) is 11.3 Å². The van der Waals surface area contributed by atoms with E-state index in [1.807, 2.05) is 0 Å². The highest BCUT2D eigenvalue weighted by Gasteiger charge is 2.24. The van der Waals surface area contributed by atoms with E-state index in [4.69, 9.17) is 5.11 Å². The van der Waals surface area contributed by atoms with Gasteiger partial charge in [-0.05, 0) is 31.2 Å². The fraction of sp³-hybridized carbons (Fsp3) is 0.0588. The van der Waals surface area contributed by atoms with Gasteiger partial charge in [-0.15, -0.1) is 0 Å². The van der Waals surface area contributed by atoms with Crippen LogP contribution in [0.2, 0.25) is 0 Å². The molecular formula is C17H13NO6. The number of hydrogen-bond acceptors (Lipinski definition) is 4. The standard InChI is InChI=1S/C17H13NO6/c1-9(19)11-7-12(14(17(23)24)8-13(11)16(21)22)15(20)18-10-5-3-2-4-6-10/h2-8H,1H3,(H,18,20)(H,21,22)(H,23,24). The maximum absolute atomic E-state index is 12.4. The maximum atomic E-state index is 12.4. The highest BCUT2D eigenvalue weighted by Crippen LogP contribution is 2.20. The average molecular weight is 327 g/mol. The van der Waals surface area contributed by atoms with E-state index < -0.39 is 34.8 Å². The number of Topliss-reactive ketones (excluding diaryl/α,β-unsaturated/α-hetero) is 1. The Morgan fingerprint density at radius 2 is 1.29 bits per heavy atom. The molecule has 0 aliphatic heterocycles. The molecule has 0 atom stereocenters. The molecule has 2 aromatic rings. The number of benzene rings is 2. The van der Waals surface area contributed by atoms with Gasteiger partial charge in [-0.25, -0.2) is 9.59 Å². The van der Waals surface area contributed by atoms with Gasteiger partial charge in [0.1, 0.15) is 0 Å². The first kappa shape index (κ1) is 16.9. The predicted molar refractivity (Wildman–Crippen MR) is 84.8 cm³/mol. The number of ketones is 1. The van der Waals surface area contributed by atoms with Gasteiger partial charge in [0.05, 0.1) is 16.7 Å². The second kappa shape index (κ2) is 6.74. The third-order valence-electron chi connectivity index (χ3n) is 3.27. The summed E-state index contributed by atoms with van der Waals surface area (Å²) in [6, 6.07) is 10.1. The molecule has 0 saturated heterocycles. The first-order valence-electron chi connectivity index (χ1n) is 6.83. The quantitative estimate of drug-likeness (QED) is 0.726. The van der Waals surface area contributed by atoms with Crippen LogP contribution in [0.1, 0.15) is 48.4 Å². The molecule has 2 aromatic carbocycles. The third kappa shape index (κ3) is 3.46. The van der Waals surface area contributed by atoms with Crippen molar-refractivity contribution in [1.82, 2.24) is 0 Å². The number of carbonyl (C=O) groups excluding carboxylic acids is 2. The van der Waals surface area contributed by atoms with E-state index in [9.17, 15) is 24.3 Å². The Kier molecular flexibility index (Phi) is 4.74. The highest BCUT2D eigenvalue weighted by molar-refractivity contribution is 6.14. The number of carboxylic acids is 2. The molecule has 7 nitrogen and oxygen atoms in total. The molecule has 24 heavy (non-hydrogen) atoms. The zero-order valence-electron chi connectivity index (χ0n) is 12.6. The second-order valence-corrected chi connectivity index (χ2v) is 4.93. The van der Waals surface area contributed by atoms with Crippen LogP contribution in [0.4, 0.5) is 5.69 Å². The summed E-state index contributed by atoms with van der Waals surface area (Å²) in [7, 11) is 0. The van der Waals surface area contributed by atoms with Crippen molar-refractivity contribution >= 4 is 29.3 Å². The molecule has 122 valence electrons. The average Bonchev–Trinajstić information content (AvgIpc) is 2.54. The summed E-state index contributed by atoms with van der Waals surface area (Å²) in [5, 5.41) is 20.9. The molecule has 0 aliphatic rings. The number of rotatable bonds is 5. The van der Waals surface area contributed by atoms with Gasteiger partial charge >= 0.3 is 11.9 Å². The van der Waals surface area contributed by atoms with Gasteiger partial charge in [-0.1, -0.05) is 18.2 Å². The van der Waals surface area contributed by atoms with Gasteiger partial charge < -0.3 is 15.5 Å². The number of carboxylic acid groups (broad SMARTS) is 2. The van der Waals surface area contributed by atoms with Crippen LogP contribution in [0, 0.1) is 0 Å². The van der Waals surface area contributed by atoms with Crippen LogP contribution in [0.5, 0.6) is 0 Å². The van der Waals surface area contributed by atoms with E-state index >= 15 is 0 Å². The maximum Gasteiger partial charge on any atom is 0.336 e. The minimum atomic E-state index is -1.47. The van der Waals surface area contributed by atoms with Crippen molar-refractivity contribution in [2.24, 2.45) is 0 Å². The van der Waals surface area contributed by atoms with Crippen LogP contribution in [-0.2, 0) is 0 Å². The van der Waals surface area contributed by atoms with E-state index in [2.05, 4.69) is 5.32 Å². The van der Waals surface area contributed by atoms with Crippen LogP contribution in [0.15, 0.2) is 42.5 Å². The lowest BCUT2D eigenvalue weighted by Gasteiger charge is -2.11. The lowest BCUT2D eigenvalue weighted by molar-refractivity contribution is 0.0690. The van der Waals surface area contributed by atoms with Crippen molar-refractivity contribution in [3.8, 4) is 0 Å². The van der Waals surface area contributed by atoms with E-state index in [1.165, 1.54) is 0 Å². The molecule has 0 fully saturated rings. The molecule has 3 N–H and O–H groups in total. The van der Waals surface area contributed by atoms with Gasteiger partial charge in [0.2, 0.25) is 0 Å². The van der Waals surface area contributed by atoms with Crippen molar-refractivity contribution in [1.29, 1.82) is 0 Å². The van der Waals surface area contributed by atoms with Gasteiger partial charge in [-0.3, -0.25) is 9.59 Å². The molecule has 0 radical (unpaired) electrons. The lowest BCUT2D eigenvalue weighted by atomic mass is 9.95. The van der Waals surface area contributed by atoms with Gasteiger partial charge in [0.25, 0.3) is 5.91 Å². The van der Waals surface area contributed by atoms with E-state index in [1.54, 1.807) is 30.3 Å². The van der Waals surface area contributed by atoms with Crippen molar-refractivity contribution in [3.63, 3.8) is 0 Å². The molecule has 0 bridgehead atoms. The van der Waals surface area contributed by atoms with Gasteiger partial charge in [0.15, 0.2) is 5.78 Å². The predicted octanol–water partition coefficient (Wildman–Crippen LogP) is 2.54. The minimum absolute atomic E-state index is 0.231. The first-order chi connectivity index (χ1) is 11.3. The monoisotopic (exact) mass is 327 g/mol. The number of aromatic carboxylic acids is 2. The SMILES string of the molecule is CC(=O)c1cc(C(=O)Nc2ccccc2)c(C(=O)O)cc1C(=O)O. The lowest BCUT2D eigenvalue weighted by Crippen LogP contribution is -2.19. The summed E-state index contributed by atoms with van der Waals surface area (Å²) in [5.74, 6) is -4.25. The Morgan fingerprint density at radius 3 is 1.79 bits per heavy atom. The molecule has 0 saturated carbocycles. The summed E-state index contributed by atoms with van der Waals surface area (Å²) in [5.41, 5.74) is -1.04. The smallest absolute Gasteiger partial charge is 0.336 e. The Labute approximate surface area is 136 Å². The van der Waals surface area contributed by atoms with Gasteiger partial charge in [-0.2, -0.15) is 0 Å². The topological polar surface area (TPSA) is 121 Å². The van der Waals surface area contributed by atoms with Crippen LogP contribution in [-0.4, -0.2) is 33.8 Å². The van der Waals surface area contributed by atoms with Crippen molar-refractivity contribution in [3.05, 3.63) is 64.7 Å². The largest absolute Gasteiger partial charge is 0.478 e. The number of carbonyl (C=O) groups is 4. The molecule has 0 aliphatic carbocycles. The van der Waals surface area contributed by atoms with Crippen molar-refractivity contribution < 1.29 is 29.4 Å². The number of hydrogen-bond donors (Lipinski definition) is 3. The molecule has 0 aromatic heterocycles. The van der Waals surface area contributed by atoms with E-state index in [0.717, 1.165) is 19.1 Å². The molecule has 0 unspecified atom stereocenters. The van der Waals surface area contributed by atoms with Crippen LogP contribution < -0.4 is 5.32 Å². The molecular weight excluding hydrogens is 314 g/mol. The molecule has 1 amide bonds. The molecule has 2 rings (SSSR count).